The topological polar surface area (TPSA) is 79.5 Å². The number of rotatable bonds is 9. The minimum Gasteiger partial charge on any atom is -0.368 e. The van der Waals surface area contributed by atoms with E-state index in [4.69, 9.17) is 5.73 Å². The van der Waals surface area contributed by atoms with Crippen molar-refractivity contribution in [3.63, 3.8) is 0 Å². The van der Waals surface area contributed by atoms with E-state index in [9.17, 15) is 9.59 Å². The minimum absolute atomic E-state index is 0.00174. The number of carbonyl (C=O) groups excluding carboxylic acids is 2. The quantitative estimate of drug-likeness (QED) is 0.673. The number of urea groups is 1. The van der Waals surface area contributed by atoms with Gasteiger partial charge < -0.3 is 15.5 Å². The molecular weight excluding hydrogens is 376 g/mol. The molecule has 0 aliphatic heterocycles. The number of nitrogens with zero attached hydrogens (tertiary/aromatic N) is 3. The standard InChI is InChI=1S/C24H36N4O2/c1-2-9-28(24-14-19-11-20(15-24)13-21(12-19)16-24)23(30)27(17-22(25)29)10-3-4-18-5-7-26-8-6-18/h5-8,19-21H,2-4,9-17H2,1H3,(H2,25,29). The van der Waals surface area contributed by atoms with Gasteiger partial charge in [0, 0.05) is 31.0 Å². The van der Waals surface area contributed by atoms with Gasteiger partial charge in [-0.1, -0.05) is 6.92 Å². The zero-order valence-corrected chi connectivity index (χ0v) is 18.3. The number of aromatic nitrogens is 1. The number of hydrogen-bond donors (Lipinski definition) is 1. The van der Waals surface area contributed by atoms with Crippen LogP contribution in [0.3, 0.4) is 0 Å². The Morgan fingerprint density at radius 3 is 2.20 bits per heavy atom. The third-order valence-electron chi connectivity index (χ3n) is 7.52. The third kappa shape index (κ3) is 4.47. The summed E-state index contributed by atoms with van der Waals surface area (Å²) < 4.78 is 0. The molecule has 6 nitrogen and oxygen atoms in total. The number of amides is 3. The normalized spacial score (nSPS) is 29.0. The van der Waals surface area contributed by atoms with Crippen molar-refractivity contribution in [2.75, 3.05) is 19.6 Å². The van der Waals surface area contributed by atoms with Crippen LogP contribution in [0.5, 0.6) is 0 Å². The maximum Gasteiger partial charge on any atom is 0.320 e. The van der Waals surface area contributed by atoms with Crippen LogP contribution < -0.4 is 5.73 Å². The molecule has 2 N–H and O–H groups in total. The summed E-state index contributed by atoms with van der Waals surface area (Å²) in [5.41, 5.74) is 6.73. The molecule has 5 rings (SSSR count). The minimum atomic E-state index is -0.436. The van der Waals surface area contributed by atoms with E-state index in [-0.39, 0.29) is 18.1 Å². The Balaban J connectivity index is 1.48. The van der Waals surface area contributed by atoms with Crippen LogP contribution in [0.1, 0.15) is 63.9 Å². The van der Waals surface area contributed by atoms with E-state index in [1.807, 2.05) is 12.1 Å². The number of primary amides is 1. The molecule has 4 aliphatic rings. The predicted octanol–water partition coefficient (Wildman–Crippen LogP) is 3.60. The fourth-order valence-electron chi connectivity index (χ4n) is 6.78. The molecule has 0 radical (unpaired) electrons. The Morgan fingerprint density at radius 1 is 1.07 bits per heavy atom. The van der Waals surface area contributed by atoms with E-state index in [1.54, 1.807) is 17.3 Å². The summed E-state index contributed by atoms with van der Waals surface area (Å²) in [6.45, 7) is 3.46. The third-order valence-corrected chi connectivity index (χ3v) is 7.52. The second-order valence-electron chi connectivity index (χ2n) is 9.92. The van der Waals surface area contributed by atoms with E-state index in [1.165, 1.54) is 24.8 Å². The largest absolute Gasteiger partial charge is 0.368 e. The first-order valence-electron chi connectivity index (χ1n) is 11.7. The molecule has 30 heavy (non-hydrogen) atoms. The van der Waals surface area contributed by atoms with Gasteiger partial charge >= 0.3 is 6.03 Å². The van der Waals surface area contributed by atoms with Gasteiger partial charge in [-0.3, -0.25) is 9.78 Å². The zero-order valence-electron chi connectivity index (χ0n) is 18.3. The van der Waals surface area contributed by atoms with E-state index >= 15 is 0 Å². The molecule has 0 atom stereocenters. The van der Waals surface area contributed by atoms with Crippen LogP contribution in [0.25, 0.3) is 0 Å². The lowest BCUT2D eigenvalue weighted by Crippen LogP contribution is -2.64. The lowest BCUT2D eigenvalue weighted by Gasteiger charge is -2.60. The molecule has 0 saturated heterocycles. The van der Waals surface area contributed by atoms with Crippen LogP contribution in [0, 0.1) is 17.8 Å². The highest BCUT2D eigenvalue weighted by molar-refractivity contribution is 5.83. The van der Waals surface area contributed by atoms with Gasteiger partial charge in [-0.2, -0.15) is 0 Å². The second-order valence-corrected chi connectivity index (χ2v) is 9.92. The average Bonchev–Trinajstić information content (AvgIpc) is 2.70. The second kappa shape index (κ2) is 8.94. The highest BCUT2D eigenvalue weighted by atomic mass is 16.2. The lowest BCUT2D eigenvalue weighted by atomic mass is 9.52. The Kier molecular flexibility index (Phi) is 6.30. The van der Waals surface area contributed by atoms with Gasteiger partial charge in [0.15, 0.2) is 0 Å². The summed E-state index contributed by atoms with van der Waals surface area (Å²) in [6.07, 6.45) is 13.7. The van der Waals surface area contributed by atoms with Crippen LogP contribution >= 0.6 is 0 Å². The zero-order chi connectivity index (χ0) is 21.1. The lowest BCUT2D eigenvalue weighted by molar-refractivity contribution is -0.119. The fourth-order valence-corrected chi connectivity index (χ4v) is 6.78. The van der Waals surface area contributed by atoms with Crippen LogP contribution in [0.15, 0.2) is 24.5 Å². The maximum absolute atomic E-state index is 13.8. The van der Waals surface area contributed by atoms with Crippen LogP contribution in [-0.4, -0.2) is 51.9 Å². The van der Waals surface area contributed by atoms with Crippen LogP contribution in [0.4, 0.5) is 4.79 Å². The molecule has 6 heteroatoms. The van der Waals surface area contributed by atoms with Gasteiger partial charge in [-0.05, 0) is 93.2 Å². The number of hydrogen-bond acceptors (Lipinski definition) is 3. The molecule has 164 valence electrons. The molecular formula is C24H36N4O2. The number of nitrogens with two attached hydrogens (primary N) is 1. The van der Waals surface area contributed by atoms with Crippen LogP contribution in [0.2, 0.25) is 0 Å². The van der Waals surface area contributed by atoms with Crippen molar-refractivity contribution >= 4 is 11.9 Å². The first kappa shape index (κ1) is 21.1. The summed E-state index contributed by atoms with van der Waals surface area (Å²) in [4.78, 5) is 33.5. The smallest absolute Gasteiger partial charge is 0.320 e. The van der Waals surface area contributed by atoms with Gasteiger partial charge in [0.05, 0.1) is 0 Å². The molecule has 0 spiro atoms. The fraction of sp³-hybridized carbons (Fsp3) is 0.708. The molecule has 4 fully saturated rings. The summed E-state index contributed by atoms with van der Waals surface area (Å²) in [5.74, 6) is 1.90. The number of aryl methyl sites for hydroxylation is 1. The van der Waals surface area contributed by atoms with Gasteiger partial charge in [-0.15, -0.1) is 0 Å². The molecule has 3 amide bonds. The van der Waals surface area contributed by atoms with Crippen molar-refractivity contribution in [1.29, 1.82) is 0 Å². The van der Waals surface area contributed by atoms with E-state index in [0.717, 1.165) is 62.8 Å². The van der Waals surface area contributed by atoms with Crippen molar-refractivity contribution in [1.82, 2.24) is 14.8 Å². The highest BCUT2D eigenvalue weighted by Gasteiger charge is 2.55. The average molecular weight is 413 g/mol. The van der Waals surface area contributed by atoms with Crippen molar-refractivity contribution in [3.05, 3.63) is 30.1 Å². The molecule has 4 bridgehead atoms. The van der Waals surface area contributed by atoms with E-state index < -0.39 is 5.91 Å². The molecule has 1 heterocycles. The van der Waals surface area contributed by atoms with E-state index in [0.29, 0.717) is 6.54 Å². The molecule has 1 aromatic rings. The summed E-state index contributed by atoms with van der Waals surface area (Å²) in [5, 5.41) is 0. The Labute approximate surface area is 180 Å². The first-order chi connectivity index (χ1) is 14.5. The van der Waals surface area contributed by atoms with Gasteiger partial charge in [0.1, 0.15) is 6.54 Å². The summed E-state index contributed by atoms with van der Waals surface area (Å²) >= 11 is 0. The monoisotopic (exact) mass is 412 g/mol. The summed E-state index contributed by atoms with van der Waals surface area (Å²) in [7, 11) is 0. The Hall–Kier alpha value is -2.11. The molecule has 0 aromatic carbocycles. The SMILES string of the molecule is CCCN(C(=O)N(CCCc1ccncc1)CC(N)=O)C12CC3CC(CC(C3)C1)C2. The number of pyridine rings is 1. The Bertz CT molecular complexity index is 716. The number of carbonyl (C=O) groups is 2. The Morgan fingerprint density at radius 2 is 1.67 bits per heavy atom. The molecule has 4 aliphatic carbocycles. The van der Waals surface area contributed by atoms with E-state index in [2.05, 4.69) is 16.8 Å². The van der Waals surface area contributed by atoms with Crippen molar-refractivity contribution in [2.45, 2.75) is 70.3 Å². The van der Waals surface area contributed by atoms with Crippen LogP contribution in [-0.2, 0) is 11.2 Å². The van der Waals surface area contributed by atoms with Gasteiger partial charge in [-0.25, -0.2) is 4.79 Å². The summed E-state index contributed by atoms with van der Waals surface area (Å²) in [6, 6.07) is 4.02. The van der Waals surface area contributed by atoms with Gasteiger partial charge in [0.2, 0.25) is 5.91 Å². The van der Waals surface area contributed by atoms with Crippen molar-refractivity contribution in [2.24, 2.45) is 23.5 Å². The van der Waals surface area contributed by atoms with Crippen molar-refractivity contribution < 1.29 is 9.59 Å². The molecule has 0 unspecified atom stereocenters. The van der Waals surface area contributed by atoms with Gasteiger partial charge in [0.25, 0.3) is 0 Å². The van der Waals surface area contributed by atoms with Crippen molar-refractivity contribution in [3.8, 4) is 0 Å². The highest BCUT2D eigenvalue weighted by Crippen LogP contribution is 2.58. The first-order valence-corrected chi connectivity index (χ1v) is 11.7. The molecule has 1 aromatic heterocycles. The molecule has 4 saturated carbocycles. The predicted molar refractivity (Wildman–Crippen MR) is 117 cm³/mol. The maximum atomic E-state index is 13.8.